The number of carbonyl (C=O) groups is 1. The van der Waals surface area contributed by atoms with Crippen LogP contribution in [-0.4, -0.2) is 42.5 Å². The van der Waals surface area contributed by atoms with Gasteiger partial charge in [0.1, 0.15) is 6.54 Å². The summed E-state index contributed by atoms with van der Waals surface area (Å²) >= 11 is 0. The molecule has 1 heterocycles. The maximum absolute atomic E-state index is 12.5. The average molecular weight is 390 g/mol. The molecule has 0 aliphatic carbocycles. The number of sulfonamides is 1. The molecular formula is C15H17F3N4O3S. The summed E-state index contributed by atoms with van der Waals surface area (Å²) in [7, 11) is -0.928. The van der Waals surface area contributed by atoms with E-state index in [0.29, 0.717) is 5.56 Å². The molecule has 0 aliphatic heterocycles. The third kappa shape index (κ3) is 4.41. The van der Waals surface area contributed by atoms with Gasteiger partial charge >= 0.3 is 6.18 Å². The number of aryl methyl sites for hydroxylation is 1. The lowest BCUT2D eigenvalue weighted by molar-refractivity contribution is -0.141. The van der Waals surface area contributed by atoms with E-state index < -0.39 is 34.3 Å². The quantitative estimate of drug-likeness (QED) is 0.847. The lowest BCUT2D eigenvalue weighted by Gasteiger charge is -2.14. The van der Waals surface area contributed by atoms with E-state index in [4.69, 9.17) is 0 Å². The summed E-state index contributed by atoms with van der Waals surface area (Å²) in [5.41, 5.74) is -0.241. The number of hydrogen-bond acceptors (Lipinski definition) is 4. The van der Waals surface area contributed by atoms with Crippen molar-refractivity contribution in [3.8, 4) is 0 Å². The summed E-state index contributed by atoms with van der Waals surface area (Å²) in [5, 5.41) is 5.79. The summed E-state index contributed by atoms with van der Waals surface area (Å²) in [4.78, 5) is 12.1. The van der Waals surface area contributed by atoms with Gasteiger partial charge in [-0.3, -0.25) is 9.48 Å². The number of hydrogen-bond donors (Lipinski definition) is 1. The molecule has 0 spiro atoms. The molecule has 0 radical (unpaired) electrons. The summed E-state index contributed by atoms with van der Waals surface area (Å²) in [6.07, 6.45) is -3.55. The molecule has 26 heavy (non-hydrogen) atoms. The van der Waals surface area contributed by atoms with Crippen molar-refractivity contribution in [3.63, 3.8) is 0 Å². The highest BCUT2D eigenvalue weighted by atomic mass is 32.2. The van der Waals surface area contributed by atoms with Crippen LogP contribution >= 0.6 is 0 Å². The Balaban J connectivity index is 2.18. The van der Waals surface area contributed by atoms with Gasteiger partial charge in [-0.05, 0) is 30.7 Å². The fourth-order valence-corrected chi connectivity index (χ4v) is 2.97. The number of halogens is 3. The van der Waals surface area contributed by atoms with Crippen LogP contribution in [0, 0.1) is 6.92 Å². The molecule has 11 heteroatoms. The van der Waals surface area contributed by atoms with Gasteiger partial charge in [0.25, 0.3) is 0 Å². The van der Waals surface area contributed by atoms with E-state index in [1.165, 1.54) is 32.3 Å². The number of amides is 1. The highest BCUT2D eigenvalue weighted by Crippen LogP contribution is 2.27. The SMILES string of the molecule is Cc1ccc(S(=O)(=O)N(C)C)cc1NC(=O)Cn1ccc(C(F)(F)F)n1. The minimum atomic E-state index is -4.59. The minimum absolute atomic E-state index is 0.0122. The molecule has 2 rings (SSSR count). The molecule has 1 aromatic heterocycles. The fraction of sp³-hybridized carbons (Fsp3) is 0.333. The summed E-state index contributed by atoms with van der Waals surface area (Å²) in [6.45, 7) is 1.22. The normalized spacial score (nSPS) is 12.4. The first kappa shape index (κ1) is 19.9. The Morgan fingerprint density at radius 2 is 1.92 bits per heavy atom. The molecule has 2 aromatic rings. The zero-order valence-electron chi connectivity index (χ0n) is 14.2. The number of carbonyl (C=O) groups excluding carboxylic acids is 1. The van der Waals surface area contributed by atoms with Gasteiger partial charge in [-0.25, -0.2) is 12.7 Å². The topological polar surface area (TPSA) is 84.3 Å². The molecule has 0 saturated heterocycles. The van der Waals surface area contributed by atoms with E-state index in [1.807, 2.05) is 0 Å². The first-order valence-electron chi connectivity index (χ1n) is 7.35. The first-order chi connectivity index (χ1) is 11.9. The van der Waals surface area contributed by atoms with E-state index in [1.54, 1.807) is 6.92 Å². The molecule has 0 unspecified atom stereocenters. The monoisotopic (exact) mass is 390 g/mol. The minimum Gasteiger partial charge on any atom is -0.324 e. The van der Waals surface area contributed by atoms with Crippen molar-refractivity contribution < 1.29 is 26.4 Å². The van der Waals surface area contributed by atoms with E-state index in [2.05, 4.69) is 10.4 Å². The lowest BCUT2D eigenvalue weighted by Crippen LogP contribution is -2.23. The number of rotatable bonds is 5. The van der Waals surface area contributed by atoms with E-state index in [9.17, 15) is 26.4 Å². The molecular weight excluding hydrogens is 373 g/mol. The first-order valence-corrected chi connectivity index (χ1v) is 8.79. The van der Waals surface area contributed by atoms with Crippen molar-refractivity contribution in [1.82, 2.24) is 14.1 Å². The highest BCUT2D eigenvalue weighted by molar-refractivity contribution is 7.89. The number of anilines is 1. The van der Waals surface area contributed by atoms with Crippen LogP contribution < -0.4 is 5.32 Å². The third-order valence-electron chi connectivity index (χ3n) is 3.50. The van der Waals surface area contributed by atoms with Gasteiger partial charge in [-0.15, -0.1) is 0 Å². The van der Waals surface area contributed by atoms with Crippen molar-refractivity contribution in [2.75, 3.05) is 19.4 Å². The zero-order chi connectivity index (χ0) is 19.7. The van der Waals surface area contributed by atoms with Crippen molar-refractivity contribution in [1.29, 1.82) is 0 Å². The lowest BCUT2D eigenvalue weighted by atomic mass is 10.2. The largest absolute Gasteiger partial charge is 0.435 e. The van der Waals surface area contributed by atoms with Crippen LogP contribution in [-0.2, 0) is 27.5 Å². The zero-order valence-corrected chi connectivity index (χ0v) is 15.0. The van der Waals surface area contributed by atoms with Gasteiger partial charge in [0.15, 0.2) is 5.69 Å². The molecule has 0 aliphatic rings. The van der Waals surface area contributed by atoms with Crippen LogP contribution in [0.15, 0.2) is 35.4 Å². The number of nitrogens with one attached hydrogen (secondary N) is 1. The van der Waals surface area contributed by atoms with Crippen LogP contribution in [0.2, 0.25) is 0 Å². The third-order valence-corrected chi connectivity index (χ3v) is 5.31. The van der Waals surface area contributed by atoms with Crippen LogP contribution in [0.3, 0.4) is 0 Å². The molecule has 1 aromatic carbocycles. The molecule has 142 valence electrons. The van der Waals surface area contributed by atoms with Crippen LogP contribution in [0.5, 0.6) is 0 Å². The Hall–Kier alpha value is -2.40. The predicted octanol–water partition coefficient (Wildman–Crippen LogP) is 2.10. The second kappa shape index (κ2) is 7.08. The Bertz CT molecular complexity index is 920. The van der Waals surface area contributed by atoms with Crippen molar-refractivity contribution >= 4 is 21.6 Å². The van der Waals surface area contributed by atoms with Gasteiger partial charge in [-0.2, -0.15) is 18.3 Å². The highest BCUT2D eigenvalue weighted by Gasteiger charge is 2.33. The summed E-state index contributed by atoms with van der Waals surface area (Å²) in [5.74, 6) is -0.635. The van der Waals surface area contributed by atoms with Gasteiger partial charge in [0.2, 0.25) is 15.9 Å². The Kier molecular flexibility index (Phi) is 5.42. The van der Waals surface area contributed by atoms with Gasteiger partial charge in [0, 0.05) is 26.0 Å². The fourth-order valence-electron chi connectivity index (χ4n) is 2.04. The standard InChI is InChI=1S/C15H17F3N4O3S/c1-10-4-5-11(26(24,25)21(2)3)8-12(10)19-14(23)9-22-7-6-13(20-22)15(16,17)18/h4-8H,9H2,1-3H3,(H,19,23). The summed E-state index contributed by atoms with van der Waals surface area (Å²) in [6, 6.07) is 5.00. The summed E-state index contributed by atoms with van der Waals surface area (Å²) < 4.78 is 63.8. The Morgan fingerprint density at radius 3 is 2.46 bits per heavy atom. The second-order valence-corrected chi connectivity index (χ2v) is 7.86. The average Bonchev–Trinajstić information content (AvgIpc) is 2.97. The number of aromatic nitrogens is 2. The predicted molar refractivity (Wildman–Crippen MR) is 87.9 cm³/mol. The maximum Gasteiger partial charge on any atom is 0.435 e. The second-order valence-electron chi connectivity index (χ2n) is 5.71. The molecule has 0 bridgehead atoms. The molecule has 0 fully saturated rings. The van der Waals surface area contributed by atoms with Gasteiger partial charge in [-0.1, -0.05) is 6.07 Å². The van der Waals surface area contributed by atoms with Crippen LogP contribution in [0.1, 0.15) is 11.3 Å². The Morgan fingerprint density at radius 1 is 1.27 bits per heavy atom. The van der Waals surface area contributed by atoms with Gasteiger partial charge in [0.05, 0.1) is 4.90 Å². The Labute approximate surface area is 148 Å². The number of benzene rings is 1. The van der Waals surface area contributed by atoms with Crippen molar-refractivity contribution in [3.05, 3.63) is 41.7 Å². The number of alkyl halides is 3. The van der Waals surface area contributed by atoms with E-state index in [0.717, 1.165) is 21.3 Å². The molecule has 1 N–H and O–H groups in total. The molecule has 0 atom stereocenters. The van der Waals surface area contributed by atoms with Crippen molar-refractivity contribution in [2.24, 2.45) is 0 Å². The van der Waals surface area contributed by atoms with Crippen LogP contribution in [0.25, 0.3) is 0 Å². The smallest absolute Gasteiger partial charge is 0.324 e. The number of nitrogens with zero attached hydrogens (tertiary/aromatic N) is 3. The molecule has 1 amide bonds. The van der Waals surface area contributed by atoms with Crippen molar-refractivity contribution in [2.45, 2.75) is 24.5 Å². The van der Waals surface area contributed by atoms with E-state index in [-0.39, 0.29) is 10.6 Å². The maximum atomic E-state index is 12.5. The van der Waals surface area contributed by atoms with Gasteiger partial charge < -0.3 is 5.32 Å². The molecule has 7 nitrogen and oxygen atoms in total. The van der Waals surface area contributed by atoms with E-state index >= 15 is 0 Å². The molecule has 0 saturated carbocycles. The van der Waals surface area contributed by atoms with Crippen LogP contribution in [0.4, 0.5) is 18.9 Å².